The molecule has 0 aliphatic heterocycles. The van der Waals surface area contributed by atoms with Gasteiger partial charge in [0.25, 0.3) is 0 Å². The van der Waals surface area contributed by atoms with Crippen LogP contribution in [0.2, 0.25) is 5.02 Å². The summed E-state index contributed by atoms with van der Waals surface area (Å²) in [4.78, 5) is 11.0. The molecule has 3 N–H and O–H groups in total. The van der Waals surface area contributed by atoms with E-state index in [1.165, 1.54) is 0 Å². The van der Waals surface area contributed by atoms with Crippen LogP contribution in [-0.2, 0) is 11.3 Å². The Hall–Kier alpha value is -1.26. The molecule has 1 aromatic rings. The summed E-state index contributed by atoms with van der Waals surface area (Å²) in [5.74, 6) is 0.0293. The Balaban J connectivity index is 2.77. The lowest BCUT2D eigenvalue weighted by atomic mass is 10.1. The highest BCUT2D eigenvalue weighted by molar-refractivity contribution is 6.30. The number of nitrogens with two attached hydrogens (primary N) is 1. The highest BCUT2D eigenvalue weighted by Crippen LogP contribution is 2.24. The molecule has 1 rings (SSSR count). The van der Waals surface area contributed by atoms with Gasteiger partial charge in [0.1, 0.15) is 5.75 Å². The van der Waals surface area contributed by atoms with Crippen molar-refractivity contribution in [3.8, 4) is 5.75 Å². The van der Waals surface area contributed by atoms with E-state index in [0.29, 0.717) is 11.6 Å². The second kappa shape index (κ2) is 6.95. The number of benzene rings is 1. The minimum atomic E-state index is -0.367. The zero-order chi connectivity index (χ0) is 15.3. The molecule has 1 unspecified atom stereocenters. The first-order valence-corrected chi connectivity index (χ1v) is 7.02. The Morgan fingerprint density at radius 3 is 2.65 bits per heavy atom. The third kappa shape index (κ3) is 5.80. The Bertz CT molecular complexity index is 469. The summed E-state index contributed by atoms with van der Waals surface area (Å²) in [6, 6.07) is 5.45. The summed E-state index contributed by atoms with van der Waals surface area (Å²) in [6.07, 6.45) is 0. The highest BCUT2D eigenvalue weighted by atomic mass is 35.5. The third-order valence-corrected chi connectivity index (χ3v) is 3.04. The van der Waals surface area contributed by atoms with Crippen molar-refractivity contribution in [2.45, 2.75) is 39.8 Å². The molecule has 0 heterocycles. The smallest absolute Gasteiger partial charge is 0.223 e. The number of ether oxygens (including phenoxy) is 1. The van der Waals surface area contributed by atoms with Crippen LogP contribution in [0.3, 0.4) is 0 Å². The highest BCUT2D eigenvalue weighted by Gasteiger charge is 2.14. The fourth-order valence-corrected chi connectivity index (χ4v) is 1.68. The second-order valence-electron chi connectivity index (χ2n) is 5.97. The Morgan fingerprint density at radius 2 is 2.10 bits per heavy atom. The molecule has 4 nitrogen and oxygen atoms in total. The largest absolute Gasteiger partial charge is 0.492 e. The molecule has 0 aliphatic carbocycles. The van der Waals surface area contributed by atoms with E-state index in [9.17, 15) is 4.79 Å². The first kappa shape index (κ1) is 16.8. The van der Waals surface area contributed by atoms with Crippen molar-refractivity contribution in [3.05, 3.63) is 28.8 Å². The van der Waals surface area contributed by atoms with Crippen LogP contribution in [0.25, 0.3) is 0 Å². The number of carbonyl (C=O) groups is 1. The Morgan fingerprint density at radius 1 is 1.45 bits per heavy atom. The lowest BCUT2D eigenvalue weighted by Crippen LogP contribution is -2.35. The van der Waals surface area contributed by atoms with Gasteiger partial charge in [-0.2, -0.15) is 0 Å². The zero-order valence-corrected chi connectivity index (χ0v) is 13.3. The van der Waals surface area contributed by atoms with Gasteiger partial charge >= 0.3 is 0 Å². The fourth-order valence-electron chi connectivity index (χ4n) is 1.48. The SMILES string of the molecule is CC(COc1ccc(Cl)cc1CNC(C)(C)C)C(N)=O. The van der Waals surface area contributed by atoms with Gasteiger partial charge in [-0.15, -0.1) is 0 Å². The quantitative estimate of drug-likeness (QED) is 0.849. The van der Waals surface area contributed by atoms with E-state index in [2.05, 4.69) is 26.1 Å². The van der Waals surface area contributed by atoms with Crippen LogP contribution in [0.15, 0.2) is 18.2 Å². The molecular weight excluding hydrogens is 276 g/mol. The van der Waals surface area contributed by atoms with E-state index < -0.39 is 0 Å². The van der Waals surface area contributed by atoms with Gasteiger partial charge < -0.3 is 15.8 Å². The minimum Gasteiger partial charge on any atom is -0.492 e. The molecule has 1 amide bonds. The van der Waals surface area contributed by atoms with Crippen LogP contribution in [0.5, 0.6) is 5.75 Å². The molecule has 0 saturated carbocycles. The topological polar surface area (TPSA) is 64.3 Å². The zero-order valence-electron chi connectivity index (χ0n) is 12.5. The van der Waals surface area contributed by atoms with Crippen LogP contribution >= 0.6 is 11.6 Å². The molecule has 112 valence electrons. The van der Waals surface area contributed by atoms with E-state index in [1.54, 1.807) is 13.0 Å². The average Bonchev–Trinajstić information content (AvgIpc) is 2.33. The summed E-state index contributed by atoms with van der Waals surface area (Å²) < 4.78 is 5.68. The molecule has 1 atom stereocenters. The van der Waals surface area contributed by atoms with Gasteiger partial charge in [-0.1, -0.05) is 18.5 Å². The monoisotopic (exact) mass is 298 g/mol. The number of primary amides is 1. The molecular formula is C15H23ClN2O2. The lowest BCUT2D eigenvalue weighted by molar-refractivity contribution is -0.122. The molecule has 0 aliphatic rings. The van der Waals surface area contributed by atoms with Crippen molar-refractivity contribution < 1.29 is 9.53 Å². The number of nitrogens with one attached hydrogen (secondary N) is 1. The summed E-state index contributed by atoms with van der Waals surface area (Å²) in [7, 11) is 0. The van der Waals surface area contributed by atoms with Crippen molar-refractivity contribution in [2.75, 3.05) is 6.61 Å². The van der Waals surface area contributed by atoms with Gasteiger partial charge in [-0.3, -0.25) is 4.79 Å². The summed E-state index contributed by atoms with van der Waals surface area (Å²) in [6.45, 7) is 8.92. The number of hydrogen-bond donors (Lipinski definition) is 2. The van der Waals surface area contributed by atoms with Gasteiger partial charge in [0.05, 0.1) is 12.5 Å². The van der Waals surface area contributed by atoms with Crippen LogP contribution < -0.4 is 15.8 Å². The van der Waals surface area contributed by atoms with Crippen molar-refractivity contribution >= 4 is 17.5 Å². The fraction of sp³-hybridized carbons (Fsp3) is 0.533. The number of halogens is 1. The number of hydrogen-bond acceptors (Lipinski definition) is 3. The van der Waals surface area contributed by atoms with Gasteiger partial charge in [-0.25, -0.2) is 0 Å². The van der Waals surface area contributed by atoms with Gasteiger partial charge in [0, 0.05) is 22.7 Å². The predicted molar refractivity (Wildman–Crippen MR) is 81.9 cm³/mol. The van der Waals surface area contributed by atoms with Crippen LogP contribution in [0.1, 0.15) is 33.3 Å². The second-order valence-corrected chi connectivity index (χ2v) is 6.41. The summed E-state index contributed by atoms with van der Waals surface area (Å²) in [5.41, 5.74) is 6.19. The van der Waals surface area contributed by atoms with Crippen LogP contribution in [-0.4, -0.2) is 18.1 Å². The van der Waals surface area contributed by atoms with E-state index in [4.69, 9.17) is 22.1 Å². The van der Waals surface area contributed by atoms with Crippen LogP contribution in [0, 0.1) is 5.92 Å². The standard InChI is InChI=1S/C15H23ClN2O2/c1-10(14(17)19)9-20-13-6-5-12(16)7-11(13)8-18-15(2,3)4/h5-7,10,18H,8-9H2,1-4H3,(H2,17,19). The van der Waals surface area contributed by atoms with Gasteiger partial charge in [-0.05, 0) is 39.0 Å². The van der Waals surface area contributed by atoms with Gasteiger partial charge in [0.2, 0.25) is 5.91 Å². The molecule has 0 saturated heterocycles. The van der Waals surface area contributed by atoms with Crippen molar-refractivity contribution in [1.82, 2.24) is 5.32 Å². The van der Waals surface area contributed by atoms with Crippen molar-refractivity contribution in [2.24, 2.45) is 11.7 Å². The van der Waals surface area contributed by atoms with E-state index in [0.717, 1.165) is 11.3 Å². The van der Waals surface area contributed by atoms with E-state index >= 15 is 0 Å². The molecule has 0 fully saturated rings. The summed E-state index contributed by atoms with van der Waals surface area (Å²) >= 11 is 6.02. The maximum atomic E-state index is 11.0. The van der Waals surface area contributed by atoms with E-state index in [-0.39, 0.29) is 24.0 Å². The maximum Gasteiger partial charge on any atom is 0.223 e. The molecule has 5 heteroatoms. The molecule has 0 spiro atoms. The number of carbonyl (C=O) groups excluding carboxylic acids is 1. The summed E-state index contributed by atoms with van der Waals surface area (Å²) in [5, 5.41) is 4.04. The molecule has 1 aromatic carbocycles. The Labute approximate surface area is 125 Å². The first-order valence-electron chi connectivity index (χ1n) is 6.64. The Kier molecular flexibility index (Phi) is 5.84. The van der Waals surface area contributed by atoms with Crippen molar-refractivity contribution in [1.29, 1.82) is 0 Å². The average molecular weight is 299 g/mol. The van der Waals surface area contributed by atoms with Gasteiger partial charge in [0.15, 0.2) is 0 Å². The maximum absolute atomic E-state index is 11.0. The predicted octanol–water partition coefficient (Wildman–Crippen LogP) is 2.73. The first-order chi connectivity index (χ1) is 9.19. The van der Waals surface area contributed by atoms with Crippen LogP contribution in [0.4, 0.5) is 0 Å². The molecule has 0 bridgehead atoms. The van der Waals surface area contributed by atoms with Crippen molar-refractivity contribution in [3.63, 3.8) is 0 Å². The normalized spacial score (nSPS) is 13.1. The molecule has 0 radical (unpaired) electrons. The third-order valence-electron chi connectivity index (χ3n) is 2.81. The van der Waals surface area contributed by atoms with E-state index in [1.807, 2.05) is 12.1 Å². The number of amides is 1. The lowest BCUT2D eigenvalue weighted by Gasteiger charge is -2.22. The number of rotatable bonds is 6. The molecule has 0 aromatic heterocycles. The minimum absolute atomic E-state index is 0.000103. The molecule has 20 heavy (non-hydrogen) atoms.